The first kappa shape index (κ1) is 20.9. The number of hydrogen-bond acceptors (Lipinski definition) is 4. The van der Waals surface area contributed by atoms with Crippen molar-refractivity contribution in [3.63, 3.8) is 0 Å². The summed E-state index contributed by atoms with van der Waals surface area (Å²) in [5, 5.41) is 0.181. The predicted octanol–water partition coefficient (Wildman–Crippen LogP) is 3.13. The molecule has 0 aliphatic carbocycles. The first-order chi connectivity index (χ1) is 12.7. The SMILES string of the molecule is C[C@@H]1C[C@@H](C)CN(C(=O)c2cc(S(=O)(=O)N3CCOCC3)c(Cl)cc2Cl)C1. The largest absolute Gasteiger partial charge is 0.379 e. The minimum absolute atomic E-state index is 0.0171. The Morgan fingerprint density at radius 1 is 1.07 bits per heavy atom. The van der Waals surface area contributed by atoms with Gasteiger partial charge in [0.05, 0.1) is 28.8 Å². The normalized spacial score (nSPS) is 24.8. The van der Waals surface area contributed by atoms with Crippen molar-refractivity contribution in [2.75, 3.05) is 39.4 Å². The lowest BCUT2D eigenvalue weighted by Crippen LogP contribution is -2.43. The summed E-state index contributed by atoms with van der Waals surface area (Å²) in [6.45, 7) is 6.65. The number of morpholine rings is 1. The smallest absolute Gasteiger partial charge is 0.255 e. The predicted molar refractivity (Wildman–Crippen MR) is 105 cm³/mol. The summed E-state index contributed by atoms with van der Waals surface area (Å²) in [4.78, 5) is 14.7. The number of carbonyl (C=O) groups excluding carboxylic acids is 1. The van der Waals surface area contributed by atoms with E-state index < -0.39 is 10.0 Å². The van der Waals surface area contributed by atoms with Gasteiger partial charge in [0.2, 0.25) is 10.0 Å². The summed E-state index contributed by atoms with van der Waals surface area (Å²) in [6, 6.07) is 2.67. The number of nitrogens with zero attached hydrogens (tertiary/aromatic N) is 2. The molecule has 3 rings (SSSR count). The van der Waals surface area contributed by atoms with Crippen molar-refractivity contribution in [2.24, 2.45) is 11.8 Å². The van der Waals surface area contributed by atoms with E-state index in [4.69, 9.17) is 27.9 Å². The Balaban J connectivity index is 1.95. The monoisotopic (exact) mass is 434 g/mol. The number of piperidine rings is 1. The van der Waals surface area contributed by atoms with E-state index in [-0.39, 0.29) is 39.5 Å². The molecule has 1 aromatic rings. The van der Waals surface area contributed by atoms with Crippen molar-refractivity contribution in [1.82, 2.24) is 9.21 Å². The molecule has 2 saturated heterocycles. The lowest BCUT2D eigenvalue weighted by molar-refractivity contribution is 0.0623. The van der Waals surface area contributed by atoms with Crippen molar-refractivity contribution >= 4 is 39.1 Å². The lowest BCUT2D eigenvalue weighted by atomic mass is 9.91. The summed E-state index contributed by atoms with van der Waals surface area (Å²) in [6.07, 6.45) is 1.06. The number of amides is 1. The van der Waals surface area contributed by atoms with Crippen molar-refractivity contribution in [1.29, 1.82) is 0 Å². The first-order valence-electron chi connectivity index (χ1n) is 9.06. The zero-order chi connectivity index (χ0) is 19.8. The first-order valence-corrected chi connectivity index (χ1v) is 11.3. The molecule has 0 radical (unpaired) electrons. The van der Waals surface area contributed by atoms with Crippen LogP contribution in [0.1, 0.15) is 30.6 Å². The van der Waals surface area contributed by atoms with Gasteiger partial charge in [0, 0.05) is 26.2 Å². The quantitative estimate of drug-likeness (QED) is 0.732. The number of carbonyl (C=O) groups is 1. The fourth-order valence-corrected chi connectivity index (χ4v) is 6.05. The van der Waals surface area contributed by atoms with Gasteiger partial charge < -0.3 is 9.64 Å². The number of benzene rings is 1. The molecule has 2 aliphatic heterocycles. The topological polar surface area (TPSA) is 66.9 Å². The Hall–Kier alpha value is -0.860. The second kappa shape index (κ2) is 8.25. The Labute approximate surface area is 170 Å². The Bertz CT molecular complexity index is 815. The minimum Gasteiger partial charge on any atom is -0.379 e. The van der Waals surface area contributed by atoms with Gasteiger partial charge in [0.1, 0.15) is 4.90 Å². The van der Waals surface area contributed by atoms with E-state index in [0.717, 1.165) is 6.42 Å². The van der Waals surface area contributed by atoms with E-state index in [2.05, 4.69) is 13.8 Å². The van der Waals surface area contributed by atoms with Gasteiger partial charge in [-0.2, -0.15) is 4.31 Å². The third-order valence-corrected chi connectivity index (χ3v) is 7.67. The van der Waals surface area contributed by atoms with E-state index in [9.17, 15) is 13.2 Å². The zero-order valence-corrected chi connectivity index (χ0v) is 17.8. The second-order valence-corrected chi connectivity index (χ2v) is 10.2. The van der Waals surface area contributed by atoms with E-state index in [0.29, 0.717) is 38.1 Å². The highest BCUT2D eigenvalue weighted by Gasteiger charge is 2.32. The van der Waals surface area contributed by atoms with Crippen molar-refractivity contribution in [3.05, 3.63) is 27.7 Å². The summed E-state index contributed by atoms with van der Waals surface area (Å²) >= 11 is 12.5. The molecule has 27 heavy (non-hydrogen) atoms. The van der Waals surface area contributed by atoms with Gasteiger partial charge in [-0.3, -0.25) is 4.79 Å². The third kappa shape index (κ3) is 4.43. The van der Waals surface area contributed by atoms with Crippen LogP contribution in [-0.4, -0.2) is 62.9 Å². The highest BCUT2D eigenvalue weighted by molar-refractivity contribution is 7.89. The van der Waals surface area contributed by atoms with Crippen LogP contribution in [0.4, 0.5) is 0 Å². The van der Waals surface area contributed by atoms with Crippen molar-refractivity contribution in [2.45, 2.75) is 25.2 Å². The molecular weight excluding hydrogens is 411 g/mol. The highest BCUT2D eigenvalue weighted by Crippen LogP contribution is 2.32. The molecule has 2 heterocycles. The summed E-state index contributed by atoms with van der Waals surface area (Å²) in [5.41, 5.74) is 0.175. The minimum atomic E-state index is -3.83. The van der Waals surface area contributed by atoms with Gasteiger partial charge in [-0.25, -0.2) is 8.42 Å². The molecule has 0 unspecified atom stereocenters. The molecule has 9 heteroatoms. The van der Waals surface area contributed by atoms with E-state index >= 15 is 0 Å². The Kier molecular flexibility index (Phi) is 6.37. The number of sulfonamides is 1. The fraction of sp³-hybridized carbons (Fsp3) is 0.611. The number of rotatable bonds is 3. The van der Waals surface area contributed by atoms with Gasteiger partial charge in [0.25, 0.3) is 5.91 Å². The maximum Gasteiger partial charge on any atom is 0.255 e. The maximum absolute atomic E-state index is 13.0. The van der Waals surface area contributed by atoms with E-state index in [1.807, 2.05) is 0 Å². The fourth-order valence-electron chi connectivity index (χ4n) is 3.82. The van der Waals surface area contributed by atoms with Gasteiger partial charge in [-0.15, -0.1) is 0 Å². The molecule has 0 bridgehead atoms. The molecule has 2 atom stereocenters. The van der Waals surface area contributed by atoms with Crippen LogP contribution in [0.5, 0.6) is 0 Å². The Morgan fingerprint density at radius 3 is 2.26 bits per heavy atom. The molecule has 0 aromatic heterocycles. The summed E-state index contributed by atoms with van der Waals surface area (Å²) in [7, 11) is -3.83. The van der Waals surface area contributed by atoms with Gasteiger partial charge in [-0.1, -0.05) is 37.0 Å². The lowest BCUT2D eigenvalue weighted by Gasteiger charge is -2.35. The van der Waals surface area contributed by atoms with Gasteiger partial charge >= 0.3 is 0 Å². The molecule has 150 valence electrons. The molecular formula is C18H24Cl2N2O4S. The number of likely N-dealkylation sites (tertiary alicyclic amines) is 1. The summed E-state index contributed by atoms with van der Waals surface area (Å²) < 4.78 is 32.5. The van der Waals surface area contributed by atoms with Gasteiger partial charge in [-0.05, 0) is 30.4 Å². The average Bonchev–Trinajstić information content (AvgIpc) is 2.61. The molecule has 0 spiro atoms. The molecule has 2 fully saturated rings. The molecule has 1 amide bonds. The molecule has 6 nitrogen and oxygen atoms in total. The highest BCUT2D eigenvalue weighted by atomic mass is 35.5. The van der Waals surface area contributed by atoms with Crippen LogP contribution >= 0.6 is 23.2 Å². The second-order valence-electron chi connectivity index (χ2n) is 7.44. The number of halogens is 2. The van der Waals surface area contributed by atoms with Crippen LogP contribution in [0.2, 0.25) is 10.0 Å². The molecule has 1 aromatic carbocycles. The number of hydrogen-bond donors (Lipinski definition) is 0. The molecule has 2 aliphatic rings. The maximum atomic E-state index is 13.0. The third-order valence-electron chi connectivity index (χ3n) is 5.00. The van der Waals surface area contributed by atoms with Gasteiger partial charge in [0.15, 0.2) is 0 Å². The van der Waals surface area contributed by atoms with Crippen molar-refractivity contribution in [3.8, 4) is 0 Å². The summed E-state index contributed by atoms with van der Waals surface area (Å²) in [5.74, 6) is 0.522. The Morgan fingerprint density at radius 2 is 1.67 bits per heavy atom. The van der Waals surface area contributed by atoms with E-state index in [1.54, 1.807) is 4.90 Å². The van der Waals surface area contributed by atoms with Crippen LogP contribution in [0.15, 0.2) is 17.0 Å². The van der Waals surface area contributed by atoms with Crippen molar-refractivity contribution < 1.29 is 17.9 Å². The van der Waals surface area contributed by atoms with Crippen LogP contribution < -0.4 is 0 Å². The standard InChI is InChI=1S/C18H24Cl2N2O4S/c1-12-7-13(2)11-21(10-12)18(23)14-8-17(16(20)9-15(14)19)27(24,25)22-3-5-26-6-4-22/h8-9,12-13H,3-7,10-11H2,1-2H3/t12-,13-/m1/s1. The van der Waals surface area contributed by atoms with Crippen LogP contribution in [0.3, 0.4) is 0 Å². The van der Waals surface area contributed by atoms with Crippen LogP contribution in [0.25, 0.3) is 0 Å². The van der Waals surface area contributed by atoms with Crippen LogP contribution in [-0.2, 0) is 14.8 Å². The molecule has 0 saturated carbocycles. The molecule has 0 N–H and O–H groups in total. The van der Waals surface area contributed by atoms with Crippen LogP contribution in [0, 0.1) is 11.8 Å². The number of ether oxygens (including phenoxy) is 1. The van der Waals surface area contributed by atoms with E-state index in [1.165, 1.54) is 16.4 Å². The zero-order valence-electron chi connectivity index (χ0n) is 15.5. The average molecular weight is 435 g/mol.